The Labute approximate surface area is 113 Å². The van der Waals surface area contributed by atoms with E-state index in [1.807, 2.05) is 18.2 Å². The molecule has 0 aromatic heterocycles. The number of carbonyl (C=O) groups is 2. The summed E-state index contributed by atoms with van der Waals surface area (Å²) in [5.41, 5.74) is 3.06. The summed E-state index contributed by atoms with van der Waals surface area (Å²) in [7, 11) is 1.79. The van der Waals surface area contributed by atoms with Crippen molar-refractivity contribution in [2.45, 2.75) is 19.3 Å². The minimum atomic E-state index is -0.0138. The second-order valence-corrected chi connectivity index (χ2v) is 4.69. The molecule has 0 unspecified atom stereocenters. The molecule has 1 heterocycles. The molecule has 100 valence electrons. The lowest BCUT2D eigenvalue weighted by atomic mass is 9.98. The molecule has 1 aliphatic rings. The number of hydrogen-bond acceptors (Lipinski definition) is 2. The highest BCUT2D eigenvalue weighted by molar-refractivity contribution is 5.96. The van der Waals surface area contributed by atoms with Gasteiger partial charge < -0.3 is 10.2 Å². The predicted molar refractivity (Wildman–Crippen MR) is 75.1 cm³/mol. The molecular formula is C15H18N2O2. The van der Waals surface area contributed by atoms with Gasteiger partial charge in [0.25, 0.3) is 0 Å². The van der Waals surface area contributed by atoms with Crippen molar-refractivity contribution in [1.82, 2.24) is 5.32 Å². The second-order valence-electron chi connectivity index (χ2n) is 4.69. The standard InChI is InChI=1S/C15H18N2O2/c1-3-8-16-14(18)10-11-4-6-13-12(9-11)5-7-15(19)17(13)2/h3-4,6,9H,1,5,7-8,10H2,2H3,(H,16,18). The summed E-state index contributed by atoms with van der Waals surface area (Å²) in [6.45, 7) is 4.05. The molecule has 2 amide bonds. The minimum absolute atomic E-state index is 0.0138. The third-order valence-corrected chi connectivity index (χ3v) is 3.30. The molecule has 0 bridgehead atoms. The third kappa shape index (κ3) is 3.02. The van der Waals surface area contributed by atoms with Crippen LogP contribution in [-0.2, 0) is 22.4 Å². The molecular weight excluding hydrogens is 240 g/mol. The van der Waals surface area contributed by atoms with Crippen LogP contribution in [0, 0.1) is 0 Å². The molecule has 19 heavy (non-hydrogen) atoms. The van der Waals surface area contributed by atoms with Crippen LogP contribution in [0.3, 0.4) is 0 Å². The highest BCUT2D eigenvalue weighted by atomic mass is 16.2. The van der Waals surface area contributed by atoms with Gasteiger partial charge >= 0.3 is 0 Å². The number of fused-ring (bicyclic) bond motifs is 1. The Balaban J connectivity index is 2.11. The van der Waals surface area contributed by atoms with E-state index in [2.05, 4.69) is 11.9 Å². The van der Waals surface area contributed by atoms with E-state index in [1.54, 1.807) is 18.0 Å². The summed E-state index contributed by atoms with van der Waals surface area (Å²) in [5, 5.41) is 2.76. The lowest BCUT2D eigenvalue weighted by Crippen LogP contribution is -2.31. The van der Waals surface area contributed by atoms with E-state index in [4.69, 9.17) is 0 Å². The largest absolute Gasteiger partial charge is 0.352 e. The Morgan fingerprint density at radius 3 is 3.00 bits per heavy atom. The summed E-state index contributed by atoms with van der Waals surface area (Å²) >= 11 is 0. The van der Waals surface area contributed by atoms with Gasteiger partial charge in [0.05, 0.1) is 6.42 Å². The van der Waals surface area contributed by atoms with Crippen LogP contribution in [-0.4, -0.2) is 25.4 Å². The maximum Gasteiger partial charge on any atom is 0.227 e. The van der Waals surface area contributed by atoms with Gasteiger partial charge in [-0.3, -0.25) is 9.59 Å². The molecule has 1 aromatic rings. The molecule has 4 heteroatoms. The normalized spacial score (nSPS) is 13.9. The average Bonchev–Trinajstić information content (AvgIpc) is 2.41. The van der Waals surface area contributed by atoms with Crippen LogP contribution >= 0.6 is 0 Å². The highest BCUT2D eigenvalue weighted by Crippen LogP contribution is 2.27. The van der Waals surface area contributed by atoms with Gasteiger partial charge in [-0.2, -0.15) is 0 Å². The van der Waals surface area contributed by atoms with E-state index in [9.17, 15) is 9.59 Å². The zero-order valence-electron chi connectivity index (χ0n) is 11.1. The van der Waals surface area contributed by atoms with Crippen molar-refractivity contribution < 1.29 is 9.59 Å². The minimum Gasteiger partial charge on any atom is -0.352 e. The summed E-state index contributed by atoms with van der Waals surface area (Å²) in [4.78, 5) is 24.9. The molecule has 2 rings (SSSR count). The SMILES string of the molecule is C=CCNC(=O)Cc1ccc2c(c1)CCC(=O)N2C. The van der Waals surface area contributed by atoms with Crippen molar-refractivity contribution in [2.75, 3.05) is 18.5 Å². The summed E-state index contributed by atoms with van der Waals surface area (Å²) < 4.78 is 0. The first-order valence-electron chi connectivity index (χ1n) is 6.37. The summed E-state index contributed by atoms with van der Waals surface area (Å²) in [6, 6.07) is 5.84. The van der Waals surface area contributed by atoms with Crippen LogP contribution in [0.2, 0.25) is 0 Å². The molecule has 1 aliphatic heterocycles. The van der Waals surface area contributed by atoms with E-state index in [0.717, 1.165) is 23.2 Å². The van der Waals surface area contributed by atoms with Crippen molar-refractivity contribution in [3.8, 4) is 0 Å². The van der Waals surface area contributed by atoms with Crippen LogP contribution < -0.4 is 10.2 Å². The van der Waals surface area contributed by atoms with E-state index >= 15 is 0 Å². The number of hydrogen-bond donors (Lipinski definition) is 1. The number of carbonyl (C=O) groups excluding carboxylic acids is 2. The molecule has 4 nitrogen and oxygen atoms in total. The van der Waals surface area contributed by atoms with Crippen molar-refractivity contribution in [2.24, 2.45) is 0 Å². The number of aryl methyl sites for hydroxylation is 1. The smallest absolute Gasteiger partial charge is 0.227 e. The molecule has 0 aliphatic carbocycles. The van der Waals surface area contributed by atoms with Crippen molar-refractivity contribution in [3.05, 3.63) is 42.0 Å². The fourth-order valence-corrected chi connectivity index (χ4v) is 2.25. The second kappa shape index (κ2) is 5.69. The number of benzene rings is 1. The van der Waals surface area contributed by atoms with Gasteiger partial charge in [-0.15, -0.1) is 6.58 Å². The quantitative estimate of drug-likeness (QED) is 0.831. The van der Waals surface area contributed by atoms with Crippen molar-refractivity contribution in [1.29, 1.82) is 0 Å². The van der Waals surface area contributed by atoms with E-state index < -0.39 is 0 Å². The molecule has 1 aromatic carbocycles. The van der Waals surface area contributed by atoms with Crippen LogP contribution in [0.5, 0.6) is 0 Å². The molecule has 0 radical (unpaired) electrons. The Bertz CT molecular complexity index is 523. The average molecular weight is 258 g/mol. The Morgan fingerprint density at radius 1 is 1.47 bits per heavy atom. The Morgan fingerprint density at radius 2 is 2.26 bits per heavy atom. The van der Waals surface area contributed by atoms with Crippen molar-refractivity contribution >= 4 is 17.5 Å². The predicted octanol–water partition coefficient (Wildman–Crippen LogP) is 1.44. The molecule has 0 saturated heterocycles. The van der Waals surface area contributed by atoms with E-state index in [-0.39, 0.29) is 11.8 Å². The zero-order valence-corrected chi connectivity index (χ0v) is 11.1. The van der Waals surface area contributed by atoms with Crippen LogP contribution in [0.25, 0.3) is 0 Å². The van der Waals surface area contributed by atoms with Crippen LogP contribution in [0.4, 0.5) is 5.69 Å². The van der Waals surface area contributed by atoms with Gasteiger partial charge in [-0.25, -0.2) is 0 Å². The van der Waals surface area contributed by atoms with Crippen LogP contribution in [0.15, 0.2) is 30.9 Å². The van der Waals surface area contributed by atoms with Gasteiger partial charge in [-0.05, 0) is 23.6 Å². The van der Waals surface area contributed by atoms with Gasteiger partial charge in [0.1, 0.15) is 0 Å². The number of amides is 2. The third-order valence-electron chi connectivity index (χ3n) is 3.30. The van der Waals surface area contributed by atoms with Gasteiger partial charge in [0, 0.05) is 25.7 Å². The highest BCUT2D eigenvalue weighted by Gasteiger charge is 2.20. The van der Waals surface area contributed by atoms with Crippen molar-refractivity contribution in [3.63, 3.8) is 0 Å². The number of anilines is 1. The van der Waals surface area contributed by atoms with Gasteiger partial charge in [-0.1, -0.05) is 18.2 Å². The fraction of sp³-hybridized carbons (Fsp3) is 0.333. The number of rotatable bonds is 4. The zero-order chi connectivity index (χ0) is 13.8. The lowest BCUT2D eigenvalue weighted by Gasteiger charge is -2.26. The van der Waals surface area contributed by atoms with Gasteiger partial charge in [0.2, 0.25) is 11.8 Å². The number of nitrogens with zero attached hydrogens (tertiary/aromatic N) is 1. The Kier molecular flexibility index (Phi) is 4.00. The lowest BCUT2D eigenvalue weighted by molar-refractivity contribution is -0.120. The number of nitrogens with one attached hydrogen (secondary N) is 1. The van der Waals surface area contributed by atoms with Gasteiger partial charge in [0.15, 0.2) is 0 Å². The first kappa shape index (κ1) is 13.3. The first-order valence-corrected chi connectivity index (χ1v) is 6.37. The molecule has 0 fully saturated rings. The maximum atomic E-state index is 11.6. The Hall–Kier alpha value is -2.10. The van der Waals surface area contributed by atoms with Crippen LogP contribution in [0.1, 0.15) is 17.5 Å². The molecule has 0 saturated carbocycles. The van der Waals surface area contributed by atoms with E-state index in [1.165, 1.54) is 0 Å². The fourth-order valence-electron chi connectivity index (χ4n) is 2.25. The maximum absolute atomic E-state index is 11.6. The molecule has 0 spiro atoms. The summed E-state index contributed by atoms with van der Waals surface area (Å²) in [5.74, 6) is 0.129. The molecule has 0 atom stereocenters. The first-order chi connectivity index (χ1) is 9.11. The topological polar surface area (TPSA) is 49.4 Å². The van der Waals surface area contributed by atoms with E-state index in [0.29, 0.717) is 19.4 Å². The molecule has 1 N–H and O–H groups in total. The monoisotopic (exact) mass is 258 g/mol. The summed E-state index contributed by atoms with van der Waals surface area (Å²) in [6.07, 6.45) is 3.31.